The molecule has 9 aromatic carbocycles. The third-order valence-electron chi connectivity index (χ3n) is 11.7. The van der Waals surface area contributed by atoms with Gasteiger partial charge in [-0.25, -0.2) is 24.9 Å². The summed E-state index contributed by atoms with van der Waals surface area (Å²) in [5.41, 5.74) is 15.7. The Morgan fingerprint density at radius 3 is 1.37 bits per heavy atom. The van der Waals surface area contributed by atoms with Crippen LogP contribution in [0, 0.1) is 0 Å². The van der Waals surface area contributed by atoms with E-state index in [4.69, 9.17) is 29.3 Å². The normalized spacial score (nSPS) is 11.5. The summed E-state index contributed by atoms with van der Waals surface area (Å²) < 4.78 is 6.18. The van der Waals surface area contributed by atoms with Gasteiger partial charge in [0.15, 0.2) is 17.5 Å². The fourth-order valence-electron chi connectivity index (χ4n) is 8.50. The predicted molar refractivity (Wildman–Crippen MR) is 256 cm³/mol. The van der Waals surface area contributed by atoms with E-state index in [0.717, 1.165) is 93.9 Å². The first-order valence-electron chi connectivity index (χ1n) is 21.0. The molecule has 3 heterocycles. The minimum atomic E-state index is 0.558. The highest BCUT2D eigenvalue weighted by molar-refractivity contribution is 6.18. The van der Waals surface area contributed by atoms with Gasteiger partial charge in [0.05, 0.1) is 16.4 Å². The Bertz CT molecular complexity index is 3660. The Morgan fingerprint density at radius 1 is 0.286 bits per heavy atom. The van der Waals surface area contributed by atoms with Crippen molar-refractivity contribution < 1.29 is 4.42 Å². The molecule has 0 aliphatic heterocycles. The summed E-state index contributed by atoms with van der Waals surface area (Å²) >= 11 is 0. The standard InChI is InChI=1S/C57H35N5O/c1-3-11-36(12-4-1)37-25-27-41(28-26-37)55-60-54(40-13-5-2-6-14-40)61-56(62-55)47-18-10-16-43(35-47)39-23-21-38(22-24-39)42-15-9-17-44(33-42)45-29-31-48-46(34-45)30-32-51-52(48)53-57(63-51)59-50-20-8-7-19-49(50)58-53/h1-35H. The van der Waals surface area contributed by atoms with Crippen LogP contribution in [0.2, 0.25) is 0 Å². The molecule has 0 saturated heterocycles. The number of benzene rings is 9. The van der Waals surface area contributed by atoms with E-state index < -0.39 is 0 Å². The van der Waals surface area contributed by atoms with Gasteiger partial charge in [-0.05, 0) is 91.7 Å². The quantitative estimate of drug-likeness (QED) is 0.160. The fraction of sp³-hybridized carbons (Fsp3) is 0. The zero-order valence-electron chi connectivity index (χ0n) is 33.9. The highest BCUT2D eigenvalue weighted by atomic mass is 16.3. The molecular formula is C57H35N5O. The first-order valence-corrected chi connectivity index (χ1v) is 21.0. The summed E-state index contributed by atoms with van der Waals surface area (Å²) in [7, 11) is 0. The van der Waals surface area contributed by atoms with Crippen LogP contribution in [0.1, 0.15) is 0 Å². The first kappa shape index (κ1) is 36.3. The summed E-state index contributed by atoms with van der Waals surface area (Å²) in [6, 6.07) is 73.5. The molecule has 63 heavy (non-hydrogen) atoms. The number of hydrogen-bond donors (Lipinski definition) is 0. The summed E-state index contributed by atoms with van der Waals surface area (Å²) in [4.78, 5) is 24.7. The Labute approximate surface area is 362 Å². The molecule has 6 nitrogen and oxygen atoms in total. The first-order chi connectivity index (χ1) is 31.2. The molecule has 0 bridgehead atoms. The van der Waals surface area contributed by atoms with Gasteiger partial charge in [0.1, 0.15) is 11.1 Å². The molecule has 12 aromatic rings. The average molecular weight is 806 g/mol. The van der Waals surface area contributed by atoms with E-state index in [0.29, 0.717) is 23.2 Å². The Hall–Kier alpha value is -8.61. The number of aromatic nitrogens is 5. The lowest BCUT2D eigenvalue weighted by Gasteiger charge is -2.11. The molecule has 0 atom stereocenters. The largest absolute Gasteiger partial charge is 0.436 e. The Balaban J connectivity index is 0.842. The van der Waals surface area contributed by atoms with Crippen molar-refractivity contribution >= 4 is 44.0 Å². The van der Waals surface area contributed by atoms with Crippen LogP contribution in [0.3, 0.4) is 0 Å². The number of hydrogen-bond acceptors (Lipinski definition) is 6. The number of para-hydroxylation sites is 2. The van der Waals surface area contributed by atoms with Gasteiger partial charge in [0, 0.05) is 16.7 Å². The zero-order chi connectivity index (χ0) is 41.7. The second kappa shape index (κ2) is 15.1. The van der Waals surface area contributed by atoms with Crippen LogP contribution < -0.4 is 0 Å². The van der Waals surface area contributed by atoms with Crippen LogP contribution in [0.15, 0.2) is 217 Å². The molecule has 0 spiro atoms. The second-order valence-electron chi connectivity index (χ2n) is 15.7. The molecular weight excluding hydrogens is 771 g/mol. The van der Waals surface area contributed by atoms with Crippen molar-refractivity contribution in [1.82, 2.24) is 24.9 Å². The molecule has 0 saturated carbocycles. The molecule has 0 unspecified atom stereocenters. The topological polar surface area (TPSA) is 77.6 Å². The van der Waals surface area contributed by atoms with Crippen LogP contribution in [0.25, 0.3) is 123 Å². The van der Waals surface area contributed by atoms with Crippen molar-refractivity contribution in [3.8, 4) is 78.7 Å². The SMILES string of the molecule is c1ccc(-c2ccc(-c3nc(-c4ccccc4)nc(-c4cccc(-c5ccc(-c6cccc(-c7ccc8c(ccc9oc%10nc%11ccccc%11nc%10c98)c7)c6)cc5)c4)n3)cc2)cc1. The van der Waals surface area contributed by atoms with Gasteiger partial charge in [0.2, 0.25) is 5.71 Å². The molecule has 0 radical (unpaired) electrons. The van der Waals surface area contributed by atoms with Crippen LogP contribution >= 0.6 is 0 Å². The molecule has 3 aromatic heterocycles. The lowest BCUT2D eigenvalue weighted by atomic mass is 9.95. The number of rotatable bonds is 7. The average Bonchev–Trinajstić information content (AvgIpc) is 3.74. The number of nitrogens with zero attached hydrogens (tertiary/aromatic N) is 5. The summed E-state index contributed by atoms with van der Waals surface area (Å²) in [5, 5.41) is 3.21. The van der Waals surface area contributed by atoms with Crippen molar-refractivity contribution in [3.63, 3.8) is 0 Å². The molecule has 12 rings (SSSR count). The Morgan fingerprint density at radius 2 is 0.714 bits per heavy atom. The van der Waals surface area contributed by atoms with Crippen molar-refractivity contribution in [1.29, 1.82) is 0 Å². The van der Waals surface area contributed by atoms with Crippen LogP contribution in [0.5, 0.6) is 0 Å². The minimum absolute atomic E-state index is 0.558. The molecule has 0 fully saturated rings. The highest BCUT2D eigenvalue weighted by Crippen LogP contribution is 2.37. The third kappa shape index (κ3) is 6.76. The molecule has 294 valence electrons. The molecule has 0 amide bonds. The van der Waals surface area contributed by atoms with Crippen molar-refractivity contribution in [2.24, 2.45) is 0 Å². The molecule has 0 aliphatic carbocycles. The van der Waals surface area contributed by atoms with Crippen molar-refractivity contribution in [3.05, 3.63) is 212 Å². The van der Waals surface area contributed by atoms with Crippen LogP contribution in [0.4, 0.5) is 0 Å². The summed E-state index contributed by atoms with van der Waals surface area (Å²) in [5.74, 6) is 1.89. The molecule has 0 aliphatic rings. The van der Waals surface area contributed by atoms with Gasteiger partial charge in [-0.2, -0.15) is 0 Å². The van der Waals surface area contributed by atoms with E-state index in [2.05, 4.69) is 146 Å². The zero-order valence-corrected chi connectivity index (χ0v) is 33.9. The second-order valence-corrected chi connectivity index (χ2v) is 15.7. The van der Waals surface area contributed by atoms with Gasteiger partial charge in [0.25, 0.3) is 0 Å². The van der Waals surface area contributed by atoms with E-state index in [1.165, 1.54) is 5.56 Å². The number of furan rings is 1. The number of fused-ring (bicyclic) bond motifs is 6. The van der Waals surface area contributed by atoms with E-state index in [-0.39, 0.29) is 0 Å². The summed E-state index contributed by atoms with van der Waals surface area (Å²) in [6.07, 6.45) is 0. The van der Waals surface area contributed by atoms with Crippen molar-refractivity contribution in [2.45, 2.75) is 0 Å². The predicted octanol–water partition coefficient (Wildman–Crippen LogP) is 14.5. The van der Waals surface area contributed by atoms with Gasteiger partial charge >= 0.3 is 0 Å². The maximum absolute atomic E-state index is 6.18. The van der Waals surface area contributed by atoms with Gasteiger partial charge in [-0.3, -0.25) is 0 Å². The summed E-state index contributed by atoms with van der Waals surface area (Å²) in [6.45, 7) is 0. The maximum atomic E-state index is 6.18. The van der Waals surface area contributed by atoms with Crippen LogP contribution in [-0.2, 0) is 0 Å². The maximum Gasteiger partial charge on any atom is 0.246 e. The third-order valence-corrected chi connectivity index (χ3v) is 11.7. The Kier molecular flexibility index (Phi) is 8.71. The van der Waals surface area contributed by atoms with Gasteiger partial charge in [-0.1, -0.05) is 176 Å². The highest BCUT2D eigenvalue weighted by Gasteiger charge is 2.16. The molecule has 6 heteroatoms. The lowest BCUT2D eigenvalue weighted by molar-refractivity contribution is 0.655. The van der Waals surface area contributed by atoms with E-state index in [1.807, 2.05) is 66.7 Å². The van der Waals surface area contributed by atoms with E-state index in [1.54, 1.807) is 0 Å². The lowest BCUT2D eigenvalue weighted by Crippen LogP contribution is -2.00. The smallest absolute Gasteiger partial charge is 0.246 e. The van der Waals surface area contributed by atoms with Gasteiger partial charge < -0.3 is 4.42 Å². The van der Waals surface area contributed by atoms with Gasteiger partial charge in [-0.15, -0.1) is 0 Å². The van der Waals surface area contributed by atoms with Crippen LogP contribution in [-0.4, -0.2) is 24.9 Å². The minimum Gasteiger partial charge on any atom is -0.436 e. The monoisotopic (exact) mass is 805 g/mol. The van der Waals surface area contributed by atoms with E-state index in [9.17, 15) is 0 Å². The van der Waals surface area contributed by atoms with Crippen molar-refractivity contribution in [2.75, 3.05) is 0 Å². The molecule has 0 N–H and O–H groups in total. The fourth-order valence-corrected chi connectivity index (χ4v) is 8.50. The van der Waals surface area contributed by atoms with E-state index >= 15 is 0 Å².